The number of carbonyl (C=O) groups excluding carboxylic acids is 1. The van der Waals surface area contributed by atoms with Crippen LogP contribution in [0.5, 0.6) is 5.75 Å². The number of alkyl halides is 2. The second-order valence-corrected chi connectivity index (χ2v) is 8.16. The lowest BCUT2D eigenvalue weighted by atomic mass is 9.98. The van der Waals surface area contributed by atoms with Gasteiger partial charge in [-0.15, -0.1) is 0 Å². The van der Waals surface area contributed by atoms with Crippen molar-refractivity contribution in [1.82, 2.24) is 5.32 Å². The molecule has 0 saturated carbocycles. The monoisotopic (exact) mass is 517 g/mol. The van der Waals surface area contributed by atoms with Gasteiger partial charge in [0.1, 0.15) is 12.4 Å². The van der Waals surface area contributed by atoms with Gasteiger partial charge in [-0.3, -0.25) is 0 Å². The predicted molar refractivity (Wildman–Crippen MR) is 119 cm³/mol. The van der Waals surface area contributed by atoms with Crippen molar-refractivity contribution in [1.29, 1.82) is 0 Å². The van der Waals surface area contributed by atoms with Crippen LogP contribution in [0.4, 0.5) is 13.6 Å². The van der Waals surface area contributed by atoms with Crippen LogP contribution in [0.1, 0.15) is 28.7 Å². The second kappa shape index (κ2) is 9.58. The summed E-state index contributed by atoms with van der Waals surface area (Å²) in [6.45, 7) is -3.07. The highest BCUT2D eigenvalue weighted by Crippen LogP contribution is 2.44. The van der Waals surface area contributed by atoms with Crippen molar-refractivity contribution in [2.24, 2.45) is 0 Å². The molecule has 0 aromatic heterocycles. The molecule has 1 atom stereocenters. The number of benzene rings is 3. The van der Waals surface area contributed by atoms with Gasteiger partial charge >= 0.3 is 18.7 Å². The van der Waals surface area contributed by atoms with E-state index < -0.39 is 24.7 Å². The molecule has 0 saturated heterocycles. The molecule has 4 rings (SSSR count). The number of nitrogens with one attached hydrogen (secondary N) is 1. The first kappa shape index (κ1) is 22.7. The third-order valence-electron chi connectivity index (χ3n) is 5.36. The summed E-state index contributed by atoms with van der Waals surface area (Å²) in [6, 6.07) is 17.8. The van der Waals surface area contributed by atoms with Crippen LogP contribution in [0, 0.1) is 0 Å². The number of carbonyl (C=O) groups is 2. The van der Waals surface area contributed by atoms with Crippen LogP contribution in [0.3, 0.4) is 0 Å². The van der Waals surface area contributed by atoms with Crippen LogP contribution in [-0.4, -0.2) is 30.4 Å². The summed E-state index contributed by atoms with van der Waals surface area (Å²) in [7, 11) is 0. The number of carboxylic acid groups (broad SMARTS) is 1. The predicted octanol–water partition coefficient (Wildman–Crippen LogP) is 5.71. The van der Waals surface area contributed by atoms with E-state index in [0.717, 1.165) is 28.3 Å². The smallest absolute Gasteiger partial charge is 0.408 e. The fourth-order valence-corrected chi connectivity index (χ4v) is 4.43. The molecule has 1 unspecified atom stereocenters. The molecule has 1 amide bonds. The molecule has 1 aliphatic rings. The van der Waals surface area contributed by atoms with Gasteiger partial charge < -0.3 is 19.9 Å². The van der Waals surface area contributed by atoms with E-state index in [1.165, 1.54) is 12.1 Å². The number of amides is 1. The number of hydrogen-bond donors (Lipinski definition) is 2. The lowest BCUT2D eigenvalue weighted by Crippen LogP contribution is -2.35. The van der Waals surface area contributed by atoms with Gasteiger partial charge in [-0.25, -0.2) is 9.59 Å². The van der Waals surface area contributed by atoms with Crippen molar-refractivity contribution in [2.45, 2.75) is 18.6 Å². The molecule has 9 heteroatoms. The Morgan fingerprint density at radius 1 is 1.00 bits per heavy atom. The van der Waals surface area contributed by atoms with Crippen molar-refractivity contribution in [3.05, 3.63) is 87.9 Å². The highest BCUT2D eigenvalue weighted by Gasteiger charge is 2.30. The standard InChI is InChI=1S/C24H18BrF2NO5/c25-20-10-9-13(33-23(26)27)11-18(20)21(22(29)30)28-24(31)32-12-19-16-7-3-1-5-14(16)15-6-2-4-8-17(15)19/h1-11,19,21,23H,12H2,(H,28,31)(H,29,30). The number of ether oxygens (including phenoxy) is 2. The Kier molecular flexibility index (Phi) is 6.60. The summed E-state index contributed by atoms with van der Waals surface area (Å²) in [6.07, 6.45) is -0.948. The number of alkyl carbamates (subject to hydrolysis) is 1. The number of rotatable bonds is 7. The van der Waals surface area contributed by atoms with Crippen LogP contribution in [0.25, 0.3) is 11.1 Å². The van der Waals surface area contributed by atoms with Crippen molar-refractivity contribution >= 4 is 28.0 Å². The molecule has 0 fully saturated rings. The molecule has 1 aliphatic carbocycles. The van der Waals surface area contributed by atoms with E-state index in [4.69, 9.17) is 4.74 Å². The van der Waals surface area contributed by atoms with Crippen LogP contribution >= 0.6 is 15.9 Å². The average molecular weight is 518 g/mol. The highest BCUT2D eigenvalue weighted by atomic mass is 79.9. The van der Waals surface area contributed by atoms with Crippen LogP contribution in [-0.2, 0) is 9.53 Å². The molecular formula is C24H18BrF2NO5. The van der Waals surface area contributed by atoms with E-state index >= 15 is 0 Å². The molecule has 0 spiro atoms. The minimum Gasteiger partial charge on any atom is -0.479 e. The summed E-state index contributed by atoms with van der Waals surface area (Å²) in [5.74, 6) is -1.82. The van der Waals surface area contributed by atoms with Gasteiger partial charge in [0.25, 0.3) is 0 Å². The van der Waals surface area contributed by atoms with E-state index in [-0.39, 0.29) is 23.8 Å². The molecule has 2 N–H and O–H groups in total. The maximum absolute atomic E-state index is 12.5. The molecule has 0 radical (unpaired) electrons. The van der Waals surface area contributed by atoms with E-state index in [9.17, 15) is 23.5 Å². The van der Waals surface area contributed by atoms with Gasteiger partial charge in [0.2, 0.25) is 0 Å². The number of hydrogen-bond acceptors (Lipinski definition) is 4. The Bertz CT molecular complexity index is 1160. The molecule has 3 aromatic carbocycles. The fraction of sp³-hybridized carbons (Fsp3) is 0.167. The maximum atomic E-state index is 12.5. The average Bonchev–Trinajstić information content (AvgIpc) is 3.11. The number of halogens is 3. The lowest BCUT2D eigenvalue weighted by Gasteiger charge is -2.19. The Morgan fingerprint density at radius 3 is 2.18 bits per heavy atom. The number of aliphatic carboxylic acids is 1. The van der Waals surface area contributed by atoms with Crippen LogP contribution in [0.2, 0.25) is 0 Å². The molecule has 33 heavy (non-hydrogen) atoms. The Morgan fingerprint density at radius 2 is 1.61 bits per heavy atom. The van der Waals surface area contributed by atoms with Crippen LogP contribution < -0.4 is 10.1 Å². The minimum atomic E-state index is -3.07. The summed E-state index contributed by atoms with van der Waals surface area (Å²) in [4.78, 5) is 24.4. The zero-order valence-corrected chi connectivity index (χ0v) is 18.6. The van der Waals surface area contributed by atoms with Crippen molar-refractivity contribution in [3.63, 3.8) is 0 Å². The fourth-order valence-electron chi connectivity index (χ4n) is 3.95. The first-order chi connectivity index (χ1) is 15.8. The number of carboxylic acids is 1. The van der Waals surface area contributed by atoms with Crippen molar-refractivity contribution < 1.29 is 33.0 Å². The second-order valence-electron chi connectivity index (χ2n) is 7.30. The summed E-state index contributed by atoms with van der Waals surface area (Å²) in [5.41, 5.74) is 4.19. The molecule has 0 bridgehead atoms. The van der Waals surface area contributed by atoms with Gasteiger partial charge in [-0.05, 0) is 40.5 Å². The van der Waals surface area contributed by atoms with E-state index in [1.807, 2.05) is 48.5 Å². The summed E-state index contributed by atoms with van der Waals surface area (Å²) < 4.78 is 35.1. The third-order valence-corrected chi connectivity index (χ3v) is 6.08. The Hall–Kier alpha value is -3.46. The lowest BCUT2D eigenvalue weighted by molar-refractivity contribution is -0.139. The summed E-state index contributed by atoms with van der Waals surface area (Å²) in [5, 5.41) is 11.9. The first-order valence-corrected chi connectivity index (χ1v) is 10.7. The quantitative estimate of drug-likeness (QED) is 0.419. The van der Waals surface area contributed by atoms with Crippen molar-refractivity contribution in [2.75, 3.05) is 6.61 Å². The molecule has 0 heterocycles. The van der Waals surface area contributed by atoms with Gasteiger partial charge in [0, 0.05) is 16.0 Å². The topological polar surface area (TPSA) is 84.9 Å². The molecule has 3 aromatic rings. The first-order valence-electron chi connectivity index (χ1n) is 9.93. The zero-order valence-electron chi connectivity index (χ0n) is 17.0. The maximum Gasteiger partial charge on any atom is 0.408 e. The van der Waals surface area contributed by atoms with Gasteiger partial charge in [0.05, 0.1) is 0 Å². The third kappa shape index (κ3) is 4.83. The Balaban J connectivity index is 1.50. The van der Waals surface area contributed by atoms with E-state index in [0.29, 0.717) is 4.47 Å². The largest absolute Gasteiger partial charge is 0.479 e. The zero-order chi connectivity index (χ0) is 23.5. The van der Waals surface area contributed by atoms with Gasteiger partial charge in [-0.1, -0.05) is 64.5 Å². The molecule has 170 valence electrons. The summed E-state index contributed by atoms with van der Waals surface area (Å²) >= 11 is 3.19. The SMILES string of the molecule is O=C(NC(C(=O)O)c1cc(OC(F)F)ccc1Br)OCC1c2ccccc2-c2ccccc21. The normalized spacial score (nSPS) is 13.2. The van der Waals surface area contributed by atoms with E-state index in [1.54, 1.807) is 0 Å². The minimum absolute atomic E-state index is 0.00189. The molecule has 0 aliphatic heterocycles. The van der Waals surface area contributed by atoms with Crippen LogP contribution in [0.15, 0.2) is 71.2 Å². The number of fused-ring (bicyclic) bond motifs is 3. The van der Waals surface area contributed by atoms with Gasteiger partial charge in [0.15, 0.2) is 6.04 Å². The highest BCUT2D eigenvalue weighted by molar-refractivity contribution is 9.10. The molecular weight excluding hydrogens is 500 g/mol. The Labute approximate surface area is 196 Å². The molecule has 6 nitrogen and oxygen atoms in total. The van der Waals surface area contributed by atoms with E-state index in [2.05, 4.69) is 26.0 Å². The van der Waals surface area contributed by atoms with Gasteiger partial charge in [-0.2, -0.15) is 8.78 Å². The van der Waals surface area contributed by atoms with Crippen molar-refractivity contribution in [3.8, 4) is 16.9 Å².